The van der Waals surface area contributed by atoms with E-state index >= 15 is 0 Å². The molecule has 0 bridgehead atoms. The van der Waals surface area contributed by atoms with Crippen molar-refractivity contribution in [2.75, 3.05) is 45.4 Å². The molecular formula is C22H21ClN2O5. The van der Waals surface area contributed by atoms with Crippen LogP contribution in [0, 0.1) is 0 Å². The quantitative estimate of drug-likeness (QED) is 0.682. The number of methoxy groups -OCH3 is 2. The Morgan fingerprint density at radius 2 is 1.63 bits per heavy atom. The van der Waals surface area contributed by atoms with Gasteiger partial charge in [-0.1, -0.05) is 23.7 Å². The van der Waals surface area contributed by atoms with Crippen molar-refractivity contribution in [1.29, 1.82) is 0 Å². The Labute approximate surface area is 179 Å². The van der Waals surface area contributed by atoms with Crippen molar-refractivity contribution in [3.63, 3.8) is 0 Å². The largest absolute Gasteiger partial charge is 0.497 e. The van der Waals surface area contributed by atoms with Crippen molar-refractivity contribution in [3.05, 3.63) is 58.7 Å². The van der Waals surface area contributed by atoms with E-state index in [4.69, 9.17) is 25.8 Å². The number of carbonyl (C=O) groups excluding carboxylic acids is 2. The van der Waals surface area contributed by atoms with Gasteiger partial charge >= 0.3 is 0 Å². The number of morpholine rings is 1. The van der Waals surface area contributed by atoms with Crippen molar-refractivity contribution < 1.29 is 23.8 Å². The van der Waals surface area contributed by atoms with E-state index in [0.717, 1.165) is 4.90 Å². The van der Waals surface area contributed by atoms with Crippen molar-refractivity contribution >= 4 is 34.7 Å². The van der Waals surface area contributed by atoms with Crippen LogP contribution in [0.4, 0.5) is 5.69 Å². The van der Waals surface area contributed by atoms with Gasteiger partial charge in [-0.05, 0) is 29.8 Å². The first kappa shape index (κ1) is 20.3. The maximum Gasteiger partial charge on any atom is 0.282 e. The molecule has 0 unspecified atom stereocenters. The maximum absolute atomic E-state index is 13.5. The Hall–Kier alpha value is -3.03. The number of ether oxygens (including phenoxy) is 3. The van der Waals surface area contributed by atoms with E-state index < -0.39 is 11.8 Å². The minimum absolute atomic E-state index is 0.344. The summed E-state index contributed by atoms with van der Waals surface area (Å²) >= 11 is 6.03. The molecule has 1 fully saturated rings. The first-order valence-electron chi connectivity index (χ1n) is 9.49. The molecule has 4 rings (SSSR count). The van der Waals surface area contributed by atoms with Crippen LogP contribution in [0.2, 0.25) is 5.02 Å². The van der Waals surface area contributed by atoms with Gasteiger partial charge in [0.25, 0.3) is 11.8 Å². The number of rotatable bonds is 5. The van der Waals surface area contributed by atoms with Crippen molar-refractivity contribution in [2.45, 2.75) is 0 Å². The summed E-state index contributed by atoms with van der Waals surface area (Å²) in [4.78, 5) is 30.2. The minimum atomic E-state index is -0.410. The van der Waals surface area contributed by atoms with Gasteiger partial charge in [-0.25, -0.2) is 4.90 Å². The van der Waals surface area contributed by atoms with E-state index in [9.17, 15) is 9.59 Å². The molecule has 2 aromatic rings. The molecule has 2 heterocycles. The Morgan fingerprint density at radius 1 is 0.933 bits per heavy atom. The average Bonchev–Trinajstić information content (AvgIpc) is 3.04. The molecule has 0 N–H and O–H groups in total. The van der Waals surface area contributed by atoms with Gasteiger partial charge in [0.1, 0.15) is 17.2 Å². The highest BCUT2D eigenvalue weighted by atomic mass is 35.5. The van der Waals surface area contributed by atoms with Gasteiger partial charge in [0.2, 0.25) is 0 Å². The standard InChI is InChI=1S/C22H21ClN2O5/c1-28-16-7-8-17(18(13-16)29-2)25-21(26)19(14-3-5-15(23)6-4-14)20(22(25)27)24-9-11-30-12-10-24/h3-8,13H,9-12H2,1-2H3. The van der Waals surface area contributed by atoms with Crippen molar-refractivity contribution in [3.8, 4) is 11.5 Å². The summed E-state index contributed by atoms with van der Waals surface area (Å²) in [6.45, 7) is 2.04. The smallest absolute Gasteiger partial charge is 0.282 e. The highest BCUT2D eigenvalue weighted by molar-refractivity contribution is 6.45. The summed E-state index contributed by atoms with van der Waals surface area (Å²) in [6, 6.07) is 11.9. The SMILES string of the molecule is COc1ccc(N2C(=O)C(c3ccc(Cl)cc3)=C(N3CCOCC3)C2=O)c(OC)c1. The predicted octanol–water partition coefficient (Wildman–Crippen LogP) is 2.97. The number of benzene rings is 2. The fraction of sp³-hybridized carbons (Fsp3) is 0.273. The topological polar surface area (TPSA) is 68.3 Å². The van der Waals surface area contributed by atoms with Gasteiger partial charge in [-0.3, -0.25) is 9.59 Å². The average molecular weight is 429 g/mol. The molecule has 0 atom stereocenters. The molecule has 2 amide bonds. The zero-order valence-electron chi connectivity index (χ0n) is 16.7. The van der Waals surface area contributed by atoms with Crippen LogP contribution in [-0.2, 0) is 14.3 Å². The summed E-state index contributed by atoms with van der Waals surface area (Å²) in [6.07, 6.45) is 0. The number of hydrogen-bond donors (Lipinski definition) is 0. The zero-order valence-corrected chi connectivity index (χ0v) is 17.4. The molecule has 2 aliphatic heterocycles. The third-order valence-electron chi connectivity index (χ3n) is 5.15. The molecule has 2 aromatic carbocycles. The second kappa shape index (κ2) is 8.38. The summed E-state index contributed by atoms with van der Waals surface area (Å²) in [5, 5.41) is 0.553. The maximum atomic E-state index is 13.5. The first-order chi connectivity index (χ1) is 14.5. The molecule has 8 heteroatoms. The number of imide groups is 1. The Morgan fingerprint density at radius 3 is 2.27 bits per heavy atom. The second-order valence-corrected chi connectivity index (χ2v) is 7.25. The number of nitrogens with zero attached hydrogens (tertiary/aromatic N) is 2. The van der Waals surface area contributed by atoms with Crippen LogP contribution >= 0.6 is 11.6 Å². The zero-order chi connectivity index (χ0) is 21.3. The van der Waals surface area contributed by atoms with Crippen LogP contribution < -0.4 is 14.4 Å². The fourth-order valence-corrected chi connectivity index (χ4v) is 3.79. The predicted molar refractivity (Wildman–Crippen MR) is 113 cm³/mol. The van der Waals surface area contributed by atoms with Gasteiger partial charge in [-0.15, -0.1) is 0 Å². The molecule has 0 aromatic heterocycles. The molecule has 2 aliphatic rings. The highest BCUT2D eigenvalue weighted by Gasteiger charge is 2.43. The van der Waals surface area contributed by atoms with Crippen LogP contribution in [0.15, 0.2) is 48.2 Å². The monoisotopic (exact) mass is 428 g/mol. The van der Waals surface area contributed by atoms with E-state index in [2.05, 4.69) is 0 Å². The van der Waals surface area contributed by atoms with Gasteiger partial charge in [-0.2, -0.15) is 0 Å². The highest BCUT2D eigenvalue weighted by Crippen LogP contribution is 2.40. The Kier molecular flexibility index (Phi) is 5.65. The van der Waals surface area contributed by atoms with Crippen molar-refractivity contribution in [1.82, 2.24) is 4.90 Å². The van der Waals surface area contributed by atoms with E-state index in [1.54, 1.807) is 42.5 Å². The van der Waals surface area contributed by atoms with Crippen LogP contribution in [-0.4, -0.2) is 57.2 Å². The molecule has 1 saturated heterocycles. The number of amides is 2. The fourth-order valence-electron chi connectivity index (χ4n) is 3.66. The van der Waals surface area contributed by atoms with Gasteiger partial charge < -0.3 is 19.1 Å². The van der Waals surface area contributed by atoms with E-state index in [0.29, 0.717) is 65.3 Å². The van der Waals surface area contributed by atoms with Gasteiger partial charge in [0.05, 0.1) is 38.7 Å². The molecule has 7 nitrogen and oxygen atoms in total. The van der Waals surface area contributed by atoms with Crippen LogP contribution in [0.3, 0.4) is 0 Å². The molecule has 30 heavy (non-hydrogen) atoms. The third-order valence-corrected chi connectivity index (χ3v) is 5.40. The number of anilines is 1. The minimum Gasteiger partial charge on any atom is -0.497 e. The second-order valence-electron chi connectivity index (χ2n) is 6.81. The number of hydrogen-bond acceptors (Lipinski definition) is 6. The van der Waals surface area contributed by atoms with E-state index in [1.807, 2.05) is 4.90 Å². The summed E-state index contributed by atoms with van der Waals surface area (Å²) in [7, 11) is 3.02. The van der Waals surface area contributed by atoms with Gasteiger partial charge in [0, 0.05) is 24.2 Å². The lowest BCUT2D eigenvalue weighted by atomic mass is 10.0. The normalized spacial score (nSPS) is 17.0. The first-order valence-corrected chi connectivity index (χ1v) is 9.86. The Bertz CT molecular complexity index is 1010. The van der Waals surface area contributed by atoms with Crippen molar-refractivity contribution in [2.24, 2.45) is 0 Å². The van der Waals surface area contributed by atoms with Crippen LogP contribution in [0.1, 0.15) is 5.56 Å². The lowest BCUT2D eigenvalue weighted by molar-refractivity contribution is -0.121. The molecule has 156 valence electrons. The van der Waals surface area contributed by atoms with E-state index in [-0.39, 0.29) is 0 Å². The summed E-state index contributed by atoms with van der Waals surface area (Å²) in [5.41, 5.74) is 1.71. The Balaban J connectivity index is 1.83. The molecular weight excluding hydrogens is 408 g/mol. The molecule has 0 spiro atoms. The molecule has 0 saturated carbocycles. The molecule has 0 aliphatic carbocycles. The van der Waals surface area contributed by atoms with Crippen LogP contribution in [0.25, 0.3) is 5.57 Å². The lowest BCUT2D eigenvalue weighted by Gasteiger charge is -2.29. The summed E-state index contributed by atoms with van der Waals surface area (Å²) < 4.78 is 16.1. The summed E-state index contributed by atoms with van der Waals surface area (Å²) in [5.74, 6) is 0.131. The number of halogens is 1. The van der Waals surface area contributed by atoms with E-state index in [1.165, 1.54) is 14.2 Å². The lowest BCUT2D eigenvalue weighted by Crippen LogP contribution is -2.40. The van der Waals surface area contributed by atoms with Gasteiger partial charge in [0.15, 0.2) is 0 Å². The number of carbonyl (C=O) groups is 2. The molecule has 0 radical (unpaired) electrons. The van der Waals surface area contributed by atoms with Crippen LogP contribution in [0.5, 0.6) is 11.5 Å². The third kappa shape index (κ3) is 3.51.